The summed E-state index contributed by atoms with van der Waals surface area (Å²) in [6, 6.07) is 11.5. The number of anilines is 1. The molecule has 0 amide bonds. The molecule has 0 aliphatic carbocycles. The lowest BCUT2D eigenvalue weighted by Gasteiger charge is -2.06. The molecule has 0 atom stereocenters. The molecule has 2 rings (SSSR count). The summed E-state index contributed by atoms with van der Waals surface area (Å²) in [6.07, 6.45) is 0. The monoisotopic (exact) mass is 259 g/mol. The van der Waals surface area contributed by atoms with Gasteiger partial charge in [0, 0.05) is 5.69 Å². The SMILES string of the molecule is Cc1ccc(COC(=O)c2ccc(N)cc2F)cc1. The van der Waals surface area contributed by atoms with E-state index in [0.29, 0.717) is 0 Å². The number of esters is 1. The van der Waals surface area contributed by atoms with Gasteiger partial charge in [0.25, 0.3) is 0 Å². The standard InChI is InChI=1S/C15H14FNO2/c1-10-2-4-11(5-3-10)9-19-15(18)13-7-6-12(17)8-14(13)16/h2-8H,9,17H2,1H3. The Bertz CT molecular complexity index is 594. The van der Waals surface area contributed by atoms with Gasteiger partial charge in [-0.2, -0.15) is 0 Å². The number of nitrogens with two attached hydrogens (primary N) is 1. The average molecular weight is 259 g/mol. The predicted molar refractivity (Wildman–Crippen MR) is 71.1 cm³/mol. The summed E-state index contributed by atoms with van der Waals surface area (Å²) in [7, 11) is 0. The number of carbonyl (C=O) groups is 1. The van der Waals surface area contributed by atoms with Crippen molar-refractivity contribution in [3.05, 3.63) is 65.0 Å². The van der Waals surface area contributed by atoms with Gasteiger partial charge in [-0.05, 0) is 30.7 Å². The van der Waals surface area contributed by atoms with Crippen molar-refractivity contribution in [1.29, 1.82) is 0 Å². The normalized spacial score (nSPS) is 10.2. The lowest BCUT2D eigenvalue weighted by molar-refractivity contribution is 0.0467. The molecule has 0 saturated carbocycles. The maximum Gasteiger partial charge on any atom is 0.341 e. The first kappa shape index (κ1) is 13.1. The molecule has 2 N–H and O–H groups in total. The van der Waals surface area contributed by atoms with Crippen LogP contribution >= 0.6 is 0 Å². The summed E-state index contributed by atoms with van der Waals surface area (Å²) >= 11 is 0. The molecule has 0 aliphatic rings. The first-order chi connectivity index (χ1) is 9.06. The van der Waals surface area contributed by atoms with Crippen molar-refractivity contribution in [2.45, 2.75) is 13.5 Å². The van der Waals surface area contributed by atoms with Crippen LogP contribution < -0.4 is 5.73 Å². The minimum atomic E-state index is -0.696. The zero-order chi connectivity index (χ0) is 13.8. The van der Waals surface area contributed by atoms with E-state index >= 15 is 0 Å². The van der Waals surface area contributed by atoms with Gasteiger partial charge in [-0.15, -0.1) is 0 Å². The lowest BCUT2D eigenvalue weighted by Crippen LogP contribution is -2.08. The van der Waals surface area contributed by atoms with E-state index in [2.05, 4.69) is 0 Å². The molecule has 98 valence electrons. The van der Waals surface area contributed by atoms with Crippen LogP contribution in [-0.2, 0) is 11.3 Å². The molecule has 2 aromatic rings. The number of nitrogen functional groups attached to an aromatic ring is 1. The fraction of sp³-hybridized carbons (Fsp3) is 0.133. The molecule has 19 heavy (non-hydrogen) atoms. The Morgan fingerprint density at radius 2 is 1.89 bits per heavy atom. The van der Waals surface area contributed by atoms with Crippen molar-refractivity contribution in [2.24, 2.45) is 0 Å². The molecular weight excluding hydrogens is 245 g/mol. The van der Waals surface area contributed by atoms with E-state index in [9.17, 15) is 9.18 Å². The second-order valence-electron chi connectivity index (χ2n) is 4.30. The molecule has 0 radical (unpaired) electrons. The van der Waals surface area contributed by atoms with Crippen LogP contribution in [0.5, 0.6) is 0 Å². The van der Waals surface area contributed by atoms with E-state index in [4.69, 9.17) is 10.5 Å². The first-order valence-electron chi connectivity index (χ1n) is 5.84. The van der Waals surface area contributed by atoms with Crippen LogP contribution in [0.15, 0.2) is 42.5 Å². The van der Waals surface area contributed by atoms with Crippen molar-refractivity contribution in [1.82, 2.24) is 0 Å². The second-order valence-corrected chi connectivity index (χ2v) is 4.30. The van der Waals surface area contributed by atoms with E-state index in [1.165, 1.54) is 12.1 Å². The summed E-state index contributed by atoms with van der Waals surface area (Å²) in [5.74, 6) is -1.37. The van der Waals surface area contributed by atoms with E-state index in [-0.39, 0.29) is 17.9 Å². The van der Waals surface area contributed by atoms with Gasteiger partial charge in [-0.3, -0.25) is 0 Å². The first-order valence-corrected chi connectivity index (χ1v) is 5.84. The zero-order valence-electron chi connectivity index (χ0n) is 10.5. The van der Waals surface area contributed by atoms with Gasteiger partial charge in [0.2, 0.25) is 0 Å². The van der Waals surface area contributed by atoms with E-state index < -0.39 is 11.8 Å². The third-order valence-corrected chi connectivity index (χ3v) is 2.70. The molecule has 0 bridgehead atoms. The predicted octanol–water partition coefficient (Wildman–Crippen LogP) is 3.07. The van der Waals surface area contributed by atoms with E-state index in [0.717, 1.165) is 17.2 Å². The molecule has 2 aromatic carbocycles. The Kier molecular flexibility index (Phi) is 3.80. The topological polar surface area (TPSA) is 52.3 Å². The molecule has 0 unspecified atom stereocenters. The highest BCUT2D eigenvalue weighted by molar-refractivity contribution is 5.90. The maximum atomic E-state index is 13.5. The fourth-order valence-electron chi connectivity index (χ4n) is 1.61. The third kappa shape index (κ3) is 3.31. The van der Waals surface area contributed by atoms with Crippen LogP contribution in [0.1, 0.15) is 21.5 Å². The van der Waals surface area contributed by atoms with E-state index in [1.807, 2.05) is 31.2 Å². The summed E-state index contributed by atoms with van der Waals surface area (Å²) in [4.78, 5) is 11.7. The van der Waals surface area contributed by atoms with Crippen LogP contribution in [0.4, 0.5) is 10.1 Å². The molecule has 0 saturated heterocycles. The Morgan fingerprint density at radius 1 is 1.21 bits per heavy atom. The summed E-state index contributed by atoms with van der Waals surface area (Å²) < 4.78 is 18.6. The largest absolute Gasteiger partial charge is 0.457 e. The zero-order valence-corrected chi connectivity index (χ0v) is 10.5. The van der Waals surface area contributed by atoms with Gasteiger partial charge in [-0.25, -0.2) is 9.18 Å². The molecule has 0 aliphatic heterocycles. The quantitative estimate of drug-likeness (QED) is 0.680. The number of carbonyl (C=O) groups excluding carboxylic acids is 1. The molecule has 0 fully saturated rings. The highest BCUT2D eigenvalue weighted by atomic mass is 19.1. The number of hydrogen-bond donors (Lipinski definition) is 1. The van der Waals surface area contributed by atoms with Crippen LogP contribution in [-0.4, -0.2) is 5.97 Å². The van der Waals surface area contributed by atoms with Gasteiger partial charge < -0.3 is 10.5 Å². The summed E-state index contributed by atoms with van der Waals surface area (Å²) in [6.45, 7) is 2.09. The highest BCUT2D eigenvalue weighted by Crippen LogP contribution is 2.14. The molecule has 0 spiro atoms. The van der Waals surface area contributed by atoms with Crippen molar-refractivity contribution in [3.8, 4) is 0 Å². The molecule has 4 heteroatoms. The highest BCUT2D eigenvalue weighted by Gasteiger charge is 2.13. The summed E-state index contributed by atoms with van der Waals surface area (Å²) in [5, 5.41) is 0. The van der Waals surface area contributed by atoms with Crippen LogP contribution in [0, 0.1) is 12.7 Å². The number of rotatable bonds is 3. The van der Waals surface area contributed by atoms with Gasteiger partial charge in [-0.1, -0.05) is 29.8 Å². The Balaban J connectivity index is 2.03. The minimum Gasteiger partial charge on any atom is -0.457 e. The average Bonchev–Trinajstić information content (AvgIpc) is 2.37. The number of ether oxygens (including phenoxy) is 1. The third-order valence-electron chi connectivity index (χ3n) is 2.70. The molecule has 3 nitrogen and oxygen atoms in total. The number of halogens is 1. The second kappa shape index (κ2) is 5.52. The molecule has 0 aromatic heterocycles. The van der Waals surface area contributed by atoms with Crippen molar-refractivity contribution < 1.29 is 13.9 Å². The van der Waals surface area contributed by atoms with Gasteiger partial charge in [0.1, 0.15) is 12.4 Å². The van der Waals surface area contributed by atoms with Gasteiger partial charge >= 0.3 is 5.97 Å². The Morgan fingerprint density at radius 3 is 2.53 bits per heavy atom. The smallest absolute Gasteiger partial charge is 0.341 e. The fourth-order valence-corrected chi connectivity index (χ4v) is 1.61. The van der Waals surface area contributed by atoms with Gasteiger partial charge in [0.15, 0.2) is 0 Å². The van der Waals surface area contributed by atoms with Crippen LogP contribution in [0.3, 0.4) is 0 Å². The van der Waals surface area contributed by atoms with Crippen molar-refractivity contribution in [3.63, 3.8) is 0 Å². The van der Waals surface area contributed by atoms with Crippen LogP contribution in [0.25, 0.3) is 0 Å². The maximum absolute atomic E-state index is 13.5. The minimum absolute atomic E-state index is 0.110. The Labute approximate surface area is 110 Å². The van der Waals surface area contributed by atoms with Crippen molar-refractivity contribution in [2.75, 3.05) is 5.73 Å². The van der Waals surface area contributed by atoms with E-state index in [1.54, 1.807) is 0 Å². The Hall–Kier alpha value is -2.36. The van der Waals surface area contributed by atoms with Gasteiger partial charge in [0.05, 0.1) is 5.56 Å². The number of aryl methyl sites for hydroxylation is 1. The molecule has 0 heterocycles. The summed E-state index contributed by atoms with van der Waals surface area (Å²) in [5.41, 5.74) is 7.56. The number of benzene rings is 2. The number of hydrogen-bond acceptors (Lipinski definition) is 3. The molecular formula is C15H14FNO2. The van der Waals surface area contributed by atoms with Crippen molar-refractivity contribution >= 4 is 11.7 Å². The van der Waals surface area contributed by atoms with Crippen LogP contribution in [0.2, 0.25) is 0 Å². The lowest BCUT2D eigenvalue weighted by atomic mass is 10.1.